The zero-order valence-corrected chi connectivity index (χ0v) is 16.4. The van der Waals surface area contributed by atoms with E-state index in [1.807, 2.05) is 13.8 Å². The quantitative estimate of drug-likeness (QED) is 0.637. The molecular weight excluding hydrogens is 389 g/mol. The van der Waals surface area contributed by atoms with E-state index >= 15 is 0 Å². The van der Waals surface area contributed by atoms with E-state index in [0.717, 1.165) is 36.4 Å². The number of carbonyl (C=O) groups excluding carboxylic acids is 1. The molecule has 2 aromatic heterocycles. The summed E-state index contributed by atoms with van der Waals surface area (Å²) in [5.41, 5.74) is -0.00763. The van der Waals surface area contributed by atoms with Crippen molar-refractivity contribution in [2.24, 2.45) is 0 Å². The van der Waals surface area contributed by atoms with Gasteiger partial charge in [-0.1, -0.05) is 6.07 Å². The molecule has 2 heterocycles. The average molecular weight is 408 g/mol. The Morgan fingerprint density at radius 1 is 1.21 bits per heavy atom. The molecule has 0 fully saturated rings. The van der Waals surface area contributed by atoms with Crippen molar-refractivity contribution < 1.29 is 18.0 Å². The zero-order valence-electron chi connectivity index (χ0n) is 15.6. The summed E-state index contributed by atoms with van der Waals surface area (Å²) in [6, 6.07) is 4.57. The van der Waals surface area contributed by atoms with Gasteiger partial charge in [0.15, 0.2) is 0 Å². The molecule has 0 aliphatic rings. The van der Waals surface area contributed by atoms with E-state index in [0.29, 0.717) is 15.3 Å². The van der Waals surface area contributed by atoms with E-state index in [-0.39, 0.29) is 5.69 Å². The normalized spacial score (nSPS) is 11.6. The Hall–Kier alpha value is -2.68. The Morgan fingerprint density at radius 3 is 2.57 bits per heavy atom. The van der Waals surface area contributed by atoms with Gasteiger partial charge in [0.25, 0.3) is 5.91 Å². The number of halogens is 3. The van der Waals surface area contributed by atoms with Crippen LogP contribution >= 0.6 is 11.3 Å². The summed E-state index contributed by atoms with van der Waals surface area (Å²) >= 11 is 1.20. The highest BCUT2D eigenvalue weighted by atomic mass is 32.1. The monoisotopic (exact) mass is 408 g/mol. The van der Waals surface area contributed by atoms with Gasteiger partial charge >= 0.3 is 6.18 Å². The number of nitrogens with zero attached hydrogens (tertiary/aromatic N) is 3. The molecular formula is C19H19F3N4OS. The molecule has 0 atom stereocenters. The molecule has 148 valence electrons. The molecule has 1 N–H and O–H groups in total. The predicted molar refractivity (Wildman–Crippen MR) is 105 cm³/mol. The molecule has 0 bridgehead atoms. The van der Waals surface area contributed by atoms with Gasteiger partial charge in [-0.3, -0.25) is 4.79 Å². The third-order valence-electron chi connectivity index (χ3n) is 4.42. The summed E-state index contributed by atoms with van der Waals surface area (Å²) in [7, 11) is 0. The summed E-state index contributed by atoms with van der Waals surface area (Å²) in [5, 5.41) is 3.36. The third-order valence-corrected chi connectivity index (χ3v) is 5.62. The van der Waals surface area contributed by atoms with Crippen LogP contribution < -0.4 is 10.2 Å². The SMILES string of the molecule is CCN(CC)c1ncnc2sc(C(=O)Nc3cccc(C(F)(F)F)c3)c(C)c12. The van der Waals surface area contributed by atoms with Crippen molar-refractivity contribution in [1.82, 2.24) is 9.97 Å². The lowest BCUT2D eigenvalue weighted by Gasteiger charge is -2.20. The van der Waals surface area contributed by atoms with Crippen molar-refractivity contribution >= 4 is 39.0 Å². The van der Waals surface area contributed by atoms with E-state index in [4.69, 9.17) is 0 Å². The fourth-order valence-corrected chi connectivity index (χ4v) is 4.03. The van der Waals surface area contributed by atoms with Gasteiger partial charge in [-0.15, -0.1) is 11.3 Å². The van der Waals surface area contributed by atoms with Crippen LogP contribution in [0.4, 0.5) is 24.7 Å². The summed E-state index contributed by atoms with van der Waals surface area (Å²) in [6.07, 6.45) is -3.01. The molecule has 1 amide bonds. The molecule has 0 radical (unpaired) electrons. The first-order valence-electron chi connectivity index (χ1n) is 8.73. The van der Waals surface area contributed by atoms with E-state index < -0.39 is 17.6 Å². The number of rotatable bonds is 5. The second-order valence-corrected chi connectivity index (χ2v) is 7.14. The lowest BCUT2D eigenvalue weighted by Crippen LogP contribution is -2.23. The third kappa shape index (κ3) is 3.80. The number of amides is 1. The number of carbonyl (C=O) groups is 1. The molecule has 0 aliphatic heterocycles. The van der Waals surface area contributed by atoms with Gasteiger partial charge in [0.1, 0.15) is 17.0 Å². The predicted octanol–water partition coefficient (Wildman–Crippen LogP) is 5.12. The summed E-state index contributed by atoms with van der Waals surface area (Å²) in [6.45, 7) is 7.34. The number of hydrogen-bond donors (Lipinski definition) is 1. The van der Waals surface area contributed by atoms with Crippen molar-refractivity contribution in [2.45, 2.75) is 26.9 Å². The van der Waals surface area contributed by atoms with Gasteiger partial charge < -0.3 is 10.2 Å². The maximum atomic E-state index is 12.9. The number of fused-ring (bicyclic) bond motifs is 1. The Balaban J connectivity index is 1.97. The van der Waals surface area contributed by atoms with Crippen LogP contribution in [0.2, 0.25) is 0 Å². The molecule has 0 saturated heterocycles. The number of anilines is 2. The minimum atomic E-state index is -4.47. The van der Waals surface area contributed by atoms with E-state index in [9.17, 15) is 18.0 Å². The summed E-state index contributed by atoms with van der Waals surface area (Å²) in [5.74, 6) is 0.284. The average Bonchev–Trinajstić information content (AvgIpc) is 3.00. The van der Waals surface area contributed by atoms with Crippen LogP contribution in [0, 0.1) is 6.92 Å². The highest BCUT2D eigenvalue weighted by Crippen LogP contribution is 2.35. The van der Waals surface area contributed by atoms with Crippen molar-refractivity contribution in [3.63, 3.8) is 0 Å². The van der Waals surface area contributed by atoms with Gasteiger partial charge in [0, 0.05) is 18.8 Å². The van der Waals surface area contributed by atoms with Crippen LogP contribution in [-0.4, -0.2) is 29.0 Å². The van der Waals surface area contributed by atoms with Crippen LogP contribution in [0.3, 0.4) is 0 Å². The molecule has 3 aromatic rings. The second-order valence-electron chi connectivity index (χ2n) is 6.14. The minimum Gasteiger partial charge on any atom is -0.357 e. The highest BCUT2D eigenvalue weighted by molar-refractivity contribution is 7.20. The number of benzene rings is 1. The second kappa shape index (κ2) is 7.75. The summed E-state index contributed by atoms with van der Waals surface area (Å²) < 4.78 is 38.7. The molecule has 0 saturated carbocycles. The Labute approximate surface area is 164 Å². The van der Waals surface area contributed by atoms with Crippen molar-refractivity contribution in [3.05, 3.63) is 46.6 Å². The first-order chi connectivity index (χ1) is 13.3. The highest BCUT2D eigenvalue weighted by Gasteiger charge is 2.30. The van der Waals surface area contributed by atoms with Crippen LogP contribution in [0.5, 0.6) is 0 Å². The summed E-state index contributed by atoms with van der Waals surface area (Å²) in [4.78, 5) is 24.5. The van der Waals surface area contributed by atoms with E-state index in [1.54, 1.807) is 6.92 Å². The Bertz CT molecular complexity index is 1010. The Kier molecular flexibility index (Phi) is 5.55. The van der Waals surface area contributed by atoms with Gasteiger partial charge in [0.2, 0.25) is 0 Å². The van der Waals surface area contributed by atoms with Crippen LogP contribution in [0.1, 0.15) is 34.6 Å². The van der Waals surface area contributed by atoms with Crippen molar-refractivity contribution in [3.8, 4) is 0 Å². The molecule has 0 aliphatic carbocycles. The number of aromatic nitrogens is 2. The molecule has 1 aromatic carbocycles. The fraction of sp³-hybridized carbons (Fsp3) is 0.316. The first kappa shape index (κ1) is 20.1. The van der Waals surface area contributed by atoms with Gasteiger partial charge in [0.05, 0.1) is 15.8 Å². The number of hydrogen-bond acceptors (Lipinski definition) is 5. The van der Waals surface area contributed by atoms with Gasteiger partial charge in [-0.25, -0.2) is 9.97 Å². The number of nitrogens with one attached hydrogen (secondary N) is 1. The van der Waals surface area contributed by atoms with Crippen LogP contribution in [-0.2, 0) is 6.18 Å². The van der Waals surface area contributed by atoms with Gasteiger partial charge in [-0.2, -0.15) is 13.2 Å². The zero-order chi connectivity index (χ0) is 20.5. The minimum absolute atomic E-state index is 0.0896. The largest absolute Gasteiger partial charge is 0.416 e. The van der Waals surface area contributed by atoms with E-state index in [2.05, 4.69) is 20.2 Å². The lowest BCUT2D eigenvalue weighted by molar-refractivity contribution is -0.137. The molecule has 5 nitrogen and oxygen atoms in total. The van der Waals surface area contributed by atoms with Crippen LogP contribution in [0.25, 0.3) is 10.2 Å². The molecule has 0 spiro atoms. The number of aryl methyl sites for hydroxylation is 1. The van der Waals surface area contributed by atoms with Crippen molar-refractivity contribution in [1.29, 1.82) is 0 Å². The maximum absolute atomic E-state index is 12.9. The number of thiophene rings is 1. The molecule has 3 rings (SSSR count). The lowest BCUT2D eigenvalue weighted by atomic mass is 10.1. The first-order valence-corrected chi connectivity index (χ1v) is 9.55. The van der Waals surface area contributed by atoms with Crippen LogP contribution in [0.15, 0.2) is 30.6 Å². The molecule has 9 heteroatoms. The van der Waals surface area contributed by atoms with Crippen molar-refractivity contribution in [2.75, 3.05) is 23.3 Å². The maximum Gasteiger partial charge on any atom is 0.416 e. The fourth-order valence-electron chi connectivity index (χ4n) is 2.99. The standard InChI is InChI=1S/C19H19F3N4OS/c1-4-26(5-2)16-14-11(3)15(28-18(14)24-10-23-16)17(27)25-13-8-6-7-12(9-13)19(20,21)22/h6-10H,4-5H2,1-3H3,(H,25,27). The smallest absolute Gasteiger partial charge is 0.357 e. The molecule has 0 unspecified atom stereocenters. The van der Waals surface area contributed by atoms with Gasteiger partial charge in [-0.05, 0) is 44.5 Å². The van der Waals surface area contributed by atoms with E-state index in [1.165, 1.54) is 29.8 Å². The molecule has 28 heavy (non-hydrogen) atoms. The number of alkyl halides is 3. The Morgan fingerprint density at radius 2 is 1.93 bits per heavy atom. The topological polar surface area (TPSA) is 58.1 Å².